The number of carbonyl (C=O) groups is 2. The topological polar surface area (TPSA) is 69.6 Å². The molecule has 0 spiro atoms. The molecule has 0 radical (unpaired) electrons. The van der Waals surface area contributed by atoms with Crippen molar-refractivity contribution in [3.63, 3.8) is 0 Å². The van der Waals surface area contributed by atoms with Gasteiger partial charge in [0.05, 0.1) is 17.4 Å². The quantitative estimate of drug-likeness (QED) is 0.819. The second-order valence-electron chi connectivity index (χ2n) is 6.69. The van der Waals surface area contributed by atoms with Crippen molar-refractivity contribution in [2.45, 2.75) is 32.2 Å². The summed E-state index contributed by atoms with van der Waals surface area (Å²) in [4.78, 5) is 27.2. The molecule has 26 heavy (non-hydrogen) atoms. The monoisotopic (exact) mass is 348 g/mol. The fourth-order valence-corrected chi connectivity index (χ4v) is 3.85. The number of Topliss-reactive ketones (excluding diaryl/α,β-unsaturated/α-hetero) is 1. The molecule has 5 nitrogen and oxygen atoms in total. The number of rotatable bonds is 1. The first kappa shape index (κ1) is 16.4. The maximum atomic E-state index is 12.9. The summed E-state index contributed by atoms with van der Waals surface area (Å²) in [6, 6.07) is 13.8. The van der Waals surface area contributed by atoms with Gasteiger partial charge in [0.15, 0.2) is 5.78 Å². The Morgan fingerprint density at radius 1 is 1.12 bits per heavy atom. The van der Waals surface area contributed by atoms with Gasteiger partial charge in [0.2, 0.25) is 5.91 Å². The van der Waals surface area contributed by atoms with E-state index in [1.165, 1.54) is 6.92 Å². The van der Waals surface area contributed by atoms with Crippen molar-refractivity contribution in [1.29, 1.82) is 0 Å². The number of nitrogens with zero attached hydrogens (tertiary/aromatic N) is 1. The zero-order chi connectivity index (χ0) is 18.3. The first-order valence-electron chi connectivity index (χ1n) is 8.77. The van der Waals surface area contributed by atoms with Gasteiger partial charge >= 0.3 is 0 Å². The van der Waals surface area contributed by atoms with Crippen molar-refractivity contribution in [3.8, 4) is 5.75 Å². The number of hydrogen-bond donors (Lipinski definition) is 2. The van der Waals surface area contributed by atoms with E-state index in [0.29, 0.717) is 12.0 Å². The van der Waals surface area contributed by atoms with Gasteiger partial charge in [-0.3, -0.25) is 14.5 Å². The molecule has 1 amide bonds. The Bertz CT molecular complexity index is 915. The molecular formula is C21H20N2O3. The molecule has 2 aromatic carbocycles. The summed E-state index contributed by atoms with van der Waals surface area (Å²) < 4.78 is 0. The van der Waals surface area contributed by atoms with Crippen molar-refractivity contribution in [3.05, 3.63) is 65.4 Å². The summed E-state index contributed by atoms with van der Waals surface area (Å²) in [5.74, 6) is 0.0831. The third kappa shape index (κ3) is 2.65. The van der Waals surface area contributed by atoms with Crippen LogP contribution in [0.15, 0.2) is 59.8 Å². The number of hydrogen-bond acceptors (Lipinski definition) is 4. The first-order chi connectivity index (χ1) is 12.6. The van der Waals surface area contributed by atoms with Crippen LogP contribution >= 0.6 is 0 Å². The lowest BCUT2D eigenvalue weighted by Gasteiger charge is -2.33. The summed E-state index contributed by atoms with van der Waals surface area (Å²) in [5.41, 5.74) is 3.91. The number of benzene rings is 2. The van der Waals surface area contributed by atoms with Crippen LogP contribution in [0.1, 0.15) is 37.8 Å². The number of fused-ring (bicyclic) bond motifs is 1. The second-order valence-corrected chi connectivity index (χ2v) is 6.69. The van der Waals surface area contributed by atoms with Crippen LogP contribution in [0.3, 0.4) is 0 Å². The molecule has 2 aromatic rings. The molecule has 0 bridgehead atoms. The molecule has 0 fully saturated rings. The fraction of sp³-hybridized carbons (Fsp3) is 0.238. The minimum atomic E-state index is -0.507. The summed E-state index contributed by atoms with van der Waals surface area (Å²) >= 11 is 0. The molecule has 2 N–H and O–H groups in total. The third-order valence-corrected chi connectivity index (χ3v) is 4.98. The molecule has 4 rings (SSSR count). The van der Waals surface area contributed by atoms with Gasteiger partial charge in [-0.05, 0) is 42.7 Å². The number of aromatic hydroxyl groups is 1. The maximum Gasteiger partial charge on any atom is 0.224 e. The molecule has 1 aliphatic heterocycles. The molecular weight excluding hydrogens is 328 g/mol. The predicted molar refractivity (Wildman–Crippen MR) is 100.0 cm³/mol. The van der Waals surface area contributed by atoms with Crippen LogP contribution in [0.2, 0.25) is 0 Å². The van der Waals surface area contributed by atoms with E-state index in [0.717, 1.165) is 35.5 Å². The predicted octanol–water partition coefficient (Wildman–Crippen LogP) is 3.92. The van der Waals surface area contributed by atoms with Gasteiger partial charge in [0.1, 0.15) is 5.75 Å². The van der Waals surface area contributed by atoms with E-state index in [4.69, 9.17) is 0 Å². The zero-order valence-electron chi connectivity index (χ0n) is 14.5. The van der Waals surface area contributed by atoms with Gasteiger partial charge in [-0.15, -0.1) is 0 Å². The normalized spacial score (nSPS) is 19.3. The average molecular weight is 348 g/mol. The van der Waals surface area contributed by atoms with E-state index in [2.05, 4.69) is 5.32 Å². The van der Waals surface area contributed by atoms with Crippen molar-refractivity contribution >= 4 is 23.1 Å². The molecule has 0 saturated heterocycles. The lowest BCUT2D eigenvalue weighted by Crippen LogP contribution is -2.36. The summed E-state index contributed by atoms with van der Waals surface area (Å²) in [5, 5.41) is 13.1. The van der Waals surface area contributed by atoms with Crippen LogP contribution in [0.4, 0.5) is 11.4 Å². The Kier molecular flexibility index (Phi) is 3.99. The third-order valence-electron chi connectivity index (χ3n) is 4.98. The number of carbonyl (C=O) groups excluding carboxylic acids is 2. The van der Waals surface area contributed by atoms with Gasteiger partial charge < -0.3 is 10.4 Å². The molecule has 1 unspecified atom stereocenters. The SMILES string of the molecule is CC(=O)N1c2ccccc2NC2=C(C(=O)CCC2)C1c1ccc(O)cc1. The Morgan fingerprint density at radius 2 is 1.85 bits per heavy atom. The Hall–Kier alpha value is -3.08. The number of amides is 1. The van der Waals surface area contributed by atoms with Crippen molar-refractivity contribution in [1.82, 2.24) is 0 Å². The van der Waals surface area contributed by atoms with E-state index >= 15 is 0 Å². The molecule has 1 heterocycles. The van der Waals surface area contributed by atoms with E-state index in [1.807, 2.05) is 24.3 Å². The van der Waals surface area contributed by atoms with Crippen molar-refractivity contribution in [2.24, 2.45) is 0 Å². The van der Waals surface area contributed by atoms with Gasteiger partial charge in [0.25, 0.3) is 0 Å². The maximum absolute atomic E-state index is 12.9. The van der Waals surface area contributed by atoms with E-state index in [1.54, 1.807) is 29.2 Å². The second kappa shape index (κ2) is 6.33. The lowest BCUT2D eigenvalue weighted by molar-refractivity contribution is -0.117. The molecule has 1 aliphatic carbocycles. The Labute approximate surface area is 151 Å². The minimum absolute atomic E-state index is 0.0656. The number of para-hydroxylation sites is 2. The van der Waals surface area contributed by atoms with Crippen LogP contribution in [-0.2, 0) is 9.59 Å². The average Bonchev–Trinajstić information content (AvgIpc) is 2.77. The molecule has 0 aromatic heterocycles. The zero-order valence-corrected chi connectivity index (χ0v) is 14.5. The number of anilines is 2. The van der Waals surface area contributed by atoms with Crippen LogP contribution < -0.4 is 10.2 Å². The van der Waals surface area contributed by atoms with E-state index in [-0.39, 0.29) is 17.4 Å². The van der Waals surface area contributed by atoms with Crippen LogP contribution in [0, 0.1) is 0 Å². The number of allylic oxidation sites excluding steroid dienone is 1. The standard InChI is InChI=1S/C21H20N2O3/c1-13(24)23-18-7-3-2-5-16(18)22-17-6-4-8-19(26)20(17)21(23)14-9-11-15(25)12-10-14/h2-3,5,7,9-12,21-22,25H,4,6,8H2,1H3. The summed E-state index contributed by atoms with van der Waals surface area (Å²) in [7, 11) is 0. The number of ketones is 1. The first-order valence-corrected chi connectivity index (χ1v) is 8.77. The number of nitrogens with one attached hydrogen (secondary N) is 1. The number of phenols is 1. The highest BCUT2D eigenvalue weighted by atomic mass is 16.3. The highest BCUT2D eigenvalue weighted by molar-refractivity contribution is 6.05. The molecule has 1 atom stereocenters. The minimum Gasteiger partial charge on any atom is -0.508 e. The molecule has 2 aliphatic rings. The summed E-state index contributed by atoms with van der Waals surface area (Å²) in [6.07, 6.45) is 2.06. The smallest absolute Gasteiger partial charge is 0.224 e. The highest BCUT2D eigenvalue weighted by Crippen LogP contribution is 2.44. The van der Waals surface area contributed by atoms with Gasteiger partial charge in [-0.2, -0.15) is 0 Å². The van der Waals surface area contributed by atoms with E-state index in [9.17, 15) is 14.7 Å². The van der Waals surface area contributed by atoms with E-state index < -0.39 is 6.04 Å². The fourth-order valence-electron chi connectivity index (χ4n) is 3.85. The summed E-state index contributed by atoms with van der Waals surface area (Å²) in [6.45, 7) is 1.52. The van der Waals surface area contributed by atoms with Gasteiger partial charge in [-0.1, -0.05) is 24.3 Å². The van der Waals surface area contributed by atoms with Gasteiger partial charge in [-0.25, -0.2) is 0 Å². The van der Waals surface area contributed by atoms with Gasteiger partial charge in [0, 0.05) is 24.6 Å². The number of phenolic OH excluding ortho intramolecular Hbond substituents is 1. The highest BCUT2D eigenvalue weighted by Gasteiger charge is 2.38. The molecule has 132 valence electrons. The van der Waals surface area contributed by atoms with Crippen LogP contribution in [0.5, 0.6) is 5.75 Å². The largest absolute Gasteiger partial charge is 0.508 e. The van der Waals surface area contributed by atoms with Crippen molar-refractivity contribution in [2.75, 3.05) is 10.2 Å². The van der Waals surface area contributed by atoms with Crippen LogP contribution in [-0.4, -0.2) is 16.8 Å². The van der Waals surface area contributed by atoms with Crippen LogP contribution in [0.25, 0.3) is 0 Å². The lowest BCUT2D eigenvalue weighted by atomic mass is 9.86. The Morgan fingerprint density at radius 3 is 2.58 bits per heavy atom. The Balaban J connectivity index is 1.99. The molecule has 0 saturated carbocycles. The van der Waals surface area contributed by atoms with Crippen molar-refractivity contribution < 1.29 is 14.7 Å². The molecule has 5 heteroatoms.